The average molecular weight is 273 g/mol. The Morgan fingerprint density at radius 2 is 1.95 bits per heavy atom. The summed E-state index contributed by atoms with van der Waals surface area (Å²) in [7, 11) is 0. The Balaban J connectivity index is 2.25. The van der Waals surface area contributed by atoms with Crippen molar-refractivity contribution in [2.45, 2.75) is 44.1 Å². The van der Waals surface area contributed by atoms with E-state index in [1.54, 1.807) is 31.5 Å². The summed E-state index contributed by atoms with van der Waals surface area (Å²) in [5.41, 5.74) is 6.72. The molecule has 106 valence electrons. The maximum absolute atomic E-state index is 12.7. The normalized spacial score (nSPS) is 19.5. The molecule has 6 heteroatoms. The lowest BCUT2D eigenvalue weighted by Gasteiger charge is -2.35. The van der Waals surface area contributed by atoms with Crippen LogP contribution in [0.1, 0.15) is 31.4 Å². The number of halogens is 3. The molecule has 1 aliphatic carbocycles. The molecule has 1 fully saturated rings. The van der Waals surface area contributed by atoms with E-state index in [9.17, 15) is 13.2 Å². The lowest BCUT2D eigenvalue weighted by atomic mass is 10.00. The van der Waals surface area contributed by atoms with Gasteiger partial charge in [-0.2, -0.15) is 13.2 Å². The van der Waals surface area contributed by atoms with Gasteiger partial charge in [0, 0.05) is 24.5 Å². The molecule has 19 heavy (non-hydrogen) atoms. The third-order valence-electron chi connectivity index (χ3n) is 3.28. The van der Waals surface area contributed by atoms with Crippen LogP contribution in [0.25, 0.3) is 0 Å². The van der Waals surface area contributed by atoms with E-state index in [1.165, 1.54) is 4.90 Å². The Morgan fingerprint density at radius 3 is 2.37 bits per heavy atom. The van der Waals surface area contributed by atoms with Crippen molar-refractivity contribution in [3.8, 4) is 0 Å². The Morgan fingerprint density at radius 1 is 1.37 bits per heavy atom. The molecule has 3 nitrogen and oxygen atoms in total. The predicted octanol–water partition coefficient (Wildman–Crippen LogP) is 2.50. The monoisotopic (exact) mass is 273 g/mol. The van der Waals surface area contributed by atoms with Crippen LogP contribution in [0, 0.1) is 0 Å². The molecule has 0 aromatic carbocycles. The van der Waals surface area contributed by atoms with E-state index in [-0.39, 0.29) is 12.1 Å². The molecule has 1 saturated carbocycles. The zero-order chi connectivity index (χ0) is 14.0. The molecule has 1 aromatic rings. The smallest absolute Gasteiger partial charge is 0.326 e. The lowest BCUT2D eigenvalue weighted by Crippen LogP contribution is -2.45. The molecule has 2 rings (SSSR count). The van der Waals surface area contributed by atoms with Crippen molar-refractivity contribution in [1.82, 2.24) is 9.88 Å². The number of rotatable bonds is 5. The largest absolute Gasteiger partial charge is 0.401 e. The van der Waals surface area contributed by atoms with E-state index < -0.39 is 18.8 Å². The van der Waals surface area contributed by atoms with Crippen LogP contribution in [-0.4, -0.2) is 34.7 Å². The Labute approximate surface area is 110 Å². The summed E-state index contributed by atoms with van der Waals surface area (Å²) in [5, 5.41) is 0. The third-order valence-corrected chi connectivity index (χ3v) is 3.28. The van der Waals surface area contributed by atoms with Crippen molar-refractivity contribution >= 4 is 0 Å². The number of nitrogens with two attached hydrogens (primary N) is 1. The van der Waals surface area contributed by atoms with Crippen molar-refractivity contribution < 1.29 is 13.2 Å². The van der Waals surface area contributed by atoms with Gasteiger partial charge >= 0.3 is 6.18 Å². The molecule has 1 aliphatic rings. The zero-order valence-corrected chi connectivity index (χ0v) is 10.8. The molecule has 0 aliphatic heterocycles. The first kappa shape index (κ1) is 14.3. The molecule has 0 bridgehead atoms. The van der Waals surface area contributed by atoms with Crippen LogP contribution in [0.5, 0.6) is 0 Å². The summed E-state index contributed by atoms with van der Waals surface area (Å²) >= 11 is 0. The second kappa shape index (κ2) is 5.46. The van der Waals surface area contributed by atoms with Gasteiger partial charge in [0.2, 0.25) is 0 Å². The molecule has 0 radical (unpaired) electrons. The van der Waals surface area contributed by atoms with Crippen molar-refractivity contribution in [2.75, 3.05) is 6.54 Å². The van der Waals surface area contributed by atoms with E-state index in [0.717, 1.165) is 18.4 Å². The highest BCUT2D eigenvalue weighted by Gasteiger charge is 2.42. The van der Waals surface area contributed by atoms with E-state index in [0.29, 0.717) is 0 Å². The molecule has 2 N–H and O–H groups in total. The number of alkyl halides is 3. The van der Waals surface area contributed by atoms with E-state index in [1.807, 2.05) is 0 Å². The number of nitrogens with zero attached hydrogens (tertiary/aromatic N) is 2. The van der Waals surface area contributed by atoms with Gasteiger partial charge in [-0.3, -0.25) is 9.88 Å². The van der Waals surface area contributed by atoms with Crippen LogP contribution in [0.2, 0.25) is 0 Å². The van der Waals surface area contributed by atoms with Gasteiger partial charge in [0.05, 0.1) is 12.6 Å². The number of aromatic nitrogens is 1. The van der Waals surface area contributed by atoms with E-state index >= 15 is 0 Å². The number of hydrogen-bond donors (Lipinski definition) is 1. The molecule has 2 unspecified atom stereocenters. The van der Waals surface area contributed by atoms with Gasteiger partial charge in [0.1, 0.15) is 0 Å². The van der Waals surface area contributed by atoms with Crippen LogP contribution in [-0.2, 0) is 0 Å². The standard InChI is InChI=1S/C13H18F3N3/c1-9(17)12(10-4-6-18-7-5-10)19(11-2-3-11)8-13(14,15)16/h4-7,9,11-12H,2-3,8,17H2,1H3. The van der Waals surface area contributed by atoms with E-state index in [2.05, 4.69) is 4.98 Å². The molecule has 1 heterocycles. The first-order chi connectivity index (χ1) is 8.88. The minimum atomic E-state index is -4.21. The summed E-state index contributed by atoms with van der Waals surface area (Å²) in [5.74, 6) is 0. The van der Waals surface area contributed by atoms with Crippen LogP contribution >= 0.6 is 0 Å². The number of hydrogen-bond acceptors (Lipinski definition) is 3. The van der Waals surface area contributed by atoms with Gasteiger partial charge in [-0.05, 0) is 37.5 Å². The average Bonchev–Trinajstić information content (AvgIpc) is 3.11. The fourth-order valence-electron chi connectivity index (χ4n) is 2.43. The molecular weight excluding hydrogens is 255 g/mol. The summed E-state index contributed by atoms with van der Waals surface area (Å²) in [6.45, 7) is 0.836. The molecule has 2 atom stereocenters. The maximum atomic E-state index is 12.7. The maximum Gasteiger partial charge on any atom is 0.401 e. The topological polar surface area (TPSA) is 42.1 Å². The summed E-state index contributed by atoms with van der Waals surface area (Å²) in [6, 6.07) is 2.67. The predicted molar refractivity (Wildman–Crippen MR) is 66.4 cm³/mol. The molecule has 0 amide bonds. The van der Waals surface area contributed by atoms with Crippen molar-refractivity contribution in [3.63, 3.8) is 0 Å². The summed E-state index contributed by atoms with van der Waals surface area (Å²) in [6.07, 6.45) is 0.588. The quantitative estimate of drug-likeness (QED) is 0.896. The van der Waals surface area contributed by atoms with Crippen LogP contribution < -0.4 is 5.73 Å². The van der Waals surface area contributed by atoms with Gasteiger partial charge in [-0.15, -0.1) is 0 Å². The van der Waals surface area contributed by atoms with Gasteiger partial charge in [-0.1, -0.05) is 0 Å². The first-order valence-electron chi connectivity index (χ1n) is 6.36. The highest BCUT2D eigenvalue weighted by Crippen LogP contribution is 2.37. The second-order valence-corrected chi connectivity index (χ2v) is 5.10. The Bertz CT molecular complexity index is 401. The van der Waals surface area contributed by atoms with Gasteiger partial charge in [0.25, 0.3) is 0 Å². The fraction of sp³-hybridized carbons (Fsp3) is 0.615. The SMILES string of the molecule is CC(N)C(c1ccncc1)N(CC(F)(F)F)C1CC1. The van der Waals surface area contributed by atoms with Gasteiger partial charge in [0.15, 0.2) is 0 Å². The van der Waals surface area contributed by atoms with Gasteiger partial charge < -0.3 is 5.73 Å². The van der Waals surface area contributed by atoms with Crippen LogP contribution in [0.15, 0.2) is 24.5 Å². The zero-order valence-electron chi connectivity index (χ0n) is 10.8. The van der Waals surface area contributed by atoms with Crippen molar-refractivity contribution in [2.24, 2.45) is 5.73 Å². The fourth-order valence-corrected chi connectivity index (χ4v) is 2.43. The highest BCUT2D eigenvalue weighted by atomic mass is 19.4. The highest BCUT2D eigenvalue weighted by molar-refractivity contribution is 5.18. The summed E-state index contributed by atoms with van der Waals surface area (Å²) in [4.78, 5) is 5.39. The Hall–Kier alpha value is -1.14. The molecule has 1 aromatic heterocycles. The first-order valence-corrected chi connectivity index (χ1v) is 6.36. The van der Waals surface area contributed by atoms with Crippen LogP contribution in [0.4, 0.5) is 13.2 Å². The molecular formula is C13H18F3N3. The lowest BCUT2D eigenvalue weighted by molar-refractivity contribution is -0.153. The molecule has 0 saturated heterocycles. The second-order valence-electron chi connectivity index (χ2n) is 5.10. The van der Waals surface area contributed by atoms with Gasteiger partial charge in [-0.25, -0.2) is 0 Å². The minimum Gasteiger partial charge on any atom is -0.326 e. The van der Waals surface area contributed by atoms with E-state index in [4.69, 9.17) is 5.73 Å². The van der Waals surface area contributed by atoms with Crippen LogP contribution in [0.3, 0.4) is 0 Å². The molecule has 0 spiro atoms. The minimum absolute atomic E-state index is 0.00853. The van der Waals surface area contributed by atoms with Crippen molar-refractivity contribution in [1.29, 1.82) is 0 Å². The number of pyridine rings is 1. The summed E-state index contributed by atoms with van der Waals surface area (Å²) < 4.78 is 38.2. The Kier molecular flexibility index (Phi) is 4.10. The third kappa shape index (κ3) is 3.91. The van der Waals surface area contributed by atoms with Crippen molar-refractivity contribution in [3.05, 3.63) is 30.1 Å².